The summed E-state index contributed by atoms with van der Waals surface area (Å²) in [5.41, 5.74) is 2.66. The Morgan fingerprint density at radius 2 is 2.28 bits per heavy atom. The molecule has 1 aliphatic heterocycles. The van der Waals surface area contributed by atoms with Crippen LogP contribution >= 0.6 is 22.9 Å². The summed E-state index contributed by atoms with van der Waals surface area (Å²) >= 11 is 7.54. The smallest absolute Gasteiger partial charge is 0.0931 e. The van der Waals surface area contributed by atoms with Crippen LogP contribution in [0.25, 0.3) is 0 Å². The van der Waals surface area contributed by atoms with Crippen LogP contribution in [0.1, 0.15) is 17.7 Å². The molecule has 2 rings (SSSR count). The molecule has 1 atom stereocenters. The SMILES string of the molecule is COC1(C(Cc2ccc(Cl)s2)NN)CCOCC1. The third-order valence-corrected chi connectivity index (χ3v) is 4.87. The lowest BCUT2D eigenvalue weighted by molar-refractivity contribution is -0.110. The molecule has 0 aromatic carbocycles. The van der Waals surface area contributed by atoms with Crippen molar-refractivity contribution in [2.45, 2.75) is 30.9 Å². The molecular formula is C12H19ClN2O2S. The van der Waals surface area contributed by atoms with Gasteiger partial charge in [-0.3, -0.25) is 11.3 Å². The van der Waals surface area contributed by atoms with Crippen molar-refractivity contribution in [2.75, 3.05) is 20.3 Å². The van der Waals surface area contributed by atoms with Crippen LogP contribution in [0, 0.1) is 0 Å². The van der Waals surface area contributed by atoms with Gasteiger partial charge in [0.15, 0.2) is 0 Å². The van der Waals surface area contributed by atoms with Gasteiger partial charge in [0.1, 0.15) is 0 Å². The van der Waals surface area contributed by atoms with Gasteiger partial charge in [-0.15, -0.1) is 11.3 Å². The van der Waals surface area contributed by atoms with Gasteiger partial charge in [-0.25, -0.2) is 0 Å². The zero-order chi connectivity index (χ0) is 13.0. The van der Waals surface area contributed by atoms with Crippen molar-refractivity contribution < 1.29 is 9.47 Å². The molecule has 1 aliphatic rings. The Morgan fingerprint density at radius 3 is 2.78 bits per heavy atom. The van der Waals surface area contributed by atoms with E-state index in [1.165, 1.54) is 4.88 Å². The molecule has 0 saturated carbocycles. The molecule has 102 valence electrons. The molecule has 4 nitrogen and oxygen atoms in total. The summed E-state index contributed by atoms with van der Waals surface area (Å²) in [6.07, 6.45) is 2.54. The first-order valence-electron chi connectivity index (χ1n) is 6.03. The Hall–Kier alpha value is -0.170. The number of rotatable bonds is 5. The van der Waals surface area contributed by atoms with Gasteiger partial charge >= 0.3 is 0 Å². The number of hydrogen-bond donors (Lipinski definition) is 2. The third kappa shape index (κ3) is 3.04. The van der Waals surface area contributed by atoms with E-state index in [0.29, 0.717) is 0 Å². The summed E-state index contributed by atoms with van der Waals surface area (Å²) in [5.74, 6) is 5.72. The standard InChI is InChI=1S/C12H19ClN2O2S/c1-16-12(4-6-17-7-5-12)10(15-14)8-9-2-3-11(13)18-9/h2-3,10,15H,4-8,14H2,1H3. The Balaban J connectivity index is 2.10. The molecule has 18 heavy (non-hydrogen) atoms. The highest BCUT2D eigenvalue weighted by molar-refractivity contribution is 7.16. The number of thiophene rings is 1. The van der Waals surface area contributed by atoms with Crippen molar-refractivity contribution in [3.8, 4) is 0 Å². The maximum atomic E-state index is 5.96. The number of ether oxygens (including phenoxy) is 2. The highest BCUT2D eigenvalue weighted by atomic mass is 35.5. The molecule has 1 saturated heterocycles. The maximum Gasteiger partial charge on any atom is 0.0931 e. The van der Waals surface area contributed by atoms with Gasteiger partial charge in [0.25, 0.3) is 0 Å². The van der Waals surface area contributed by atoms with Crippen LogP contribution in [0.3, 0.4) is 0 Å². The second-order valence-corrected chi connectivity index (χ2v) is 6.31. The normalized spacial score (nSPS) is 20.8. The van der Waals surface area contributed by atoms with Gasteiger partial charge in [0, 0.05) is 44.5 Å². The number of nitrogens with two attached hydrogens (primary N) is 1. The fourth-order valence-electron chi connectivity index (χ4n) is 2.47. The number of methoxy groups -OCH3 is 1. The van der Waals surface area contributed by atoms with E-state index >= 15 is 0 Å². The van der Waals surface area contributed by atoms with E-state index in [2.05, 4.69) is 5.43 Å². The lowest BCUT2D eigenvalue weighted by Gasteiger charge is -2.41. The molecule has 0 bridgehead atoms. The van der Waals surface area contributed by atoms with E-state index in [0.717, 1.165) is 36.8 Å². The molecule has 0 spiro atoms. The molecule has 6 heteroatoms. The van der Waals surface area contributed by atoms with E-state index in [1.54, 1.807) is 18.4 Å². The predicted molar refractivity (Wildman–Crippen MR) is 73.9 cm³/mol. The summed E-state index contributed by atoms with van der Waals surface area (Å²) < 4.78 is 12.0. The minimum atomic E-state index is -0.247. The topological polar surface area (TPSA) is 56.5 Å². The first-order chi connectivity index (χ1) is 8.70. The van der Waals surface area contributed by atoms with Crippen LogP contribution in [-0.2, 0) is 15.9 Å². The van der Waals surface area contributed by atoms with E-state index < -0.39 is 0 Å². The first kappa shape index (κ1) is 14.2. The predicted octanol–water partition coefficient (Wildman–Crippen LogP) is 1.97. The fourth-order valence-corrected chi connectivity index (χ4v) is 3.60. The van der Waals surface area contributed by atoms with Gasteiger partial charge < -0.3 is 9.47 Å². The fraction of sp³-hybridized carbons (Fsp3) is 0.667. The maximum absolute atomic E-state index is 5.96. The van der Waals surface area contributed by atoms with Gasteiger partial charge in [-0.05, 0) is 12.1 Å². The van der Waals surface area contributed by atoms with Crippen LogP contribution in [0.5, 0.6) is 0 Å². The quantitative estimate of drug-likeness (QED) is 0.643. The zero-order valence-corrected chi connectivity index (χ0v) is 12.0. The third-order valence-electron chi connectivity index (χ3n) is 3.62. The Labute approximate surface area is 116 Å². The highest BCUT2D eigenvalue weighted by Crippen LogP contribution is 2.31. The van der Waals surface area contributed by atoms with Crippen LogP contribution in [0.2, 0.25) is 4.34 Å². The molecular weight excluding hydrogens is 272 g/mol. The Morgan fingerprint density at radius 1 is 1.56 bits per heavy atom. The van der Waals surface area contributed by atoms with Gasteiger partial charge in [0.05, 0.1) is 16.0 Å². The minimum Gasteiger partial charge on any atom is -0.381 e. The molecule has 0 amide bonds. The van der Waals surface area contributed by atoms with Crippen molar-refractivity contribution in [3.05, 3.63) is 21.3 Å². The summed E-state index contributed by atoms with van der Waals surface area (Å²) in [6.45, 7) is 1.44. The molecule has 3 N–H and O–H groups in total. The largest absolute Gasteiger partial charge is 0.381 e. The average molecular weight is 291 g/mol. The summed E-state index contributed by atoms with van der Waals surface area (Å²) in [6, 6.07) is 4.03. The highest BCUT2D eigenvalue weighted by Gasteiger charge is 2.40. The molecule has 1 aromatic heterocycles. The van der Waals surface area contributed by atoms with Crippen LogP contribution in [0.4, 0.5) is 0 Å². The van der Waals surface area contributed by atoms with Crippen LogP contribution in [-0.4, -0.2) is 32.0 Å². The van der Waals surface area contributed by atoms with E-state index in [4.69, 9.17) is 26.9 Å². The monoisotopic (exact) mass is 290 g/mol. The lowest BCUT2D eigenvalue weighted by Crippen LogP contribution is -2.57. The average Bonchev–Trinajstić information content (AvgIpc) is 2.82. The lowest BCUT2D eigenvalue weighted by atomic mass is 9.84. The molecule has 1 unspecified atom stereocenters. The molecule has 0 radical (unpaired) electrons. The number of hydrogen-bond acceptors (Lipinski definition) is 5. The summed E-state index contributed by atoms with van der Waals surface area (Å²) in [5, 5.41) is 0. The summed E-state index contributed by atoms with van der Waals surface area (Å²) in [4.78, 5) is 1.21. The van der Waals surface area contributed by atoms with Crippen molar-refractivity contribution in [1.29, 1.82) is 0 Å². The Kier molecular flexibility index (Phi) is 5.00. The van der Waals surface area contributed by atoms with E-state index in [1.807, 2.05) is 12.1 Å². The summed E-state index contributed by atoms with van der Waals surface area (Å²) in [7, 11) is 1.75. The van der Waals surface area contributed by atoms with Crippen molar-refractivity contribution >= 4 is 22.9 Å². The van der Waals surface area contributed by atoms with Crippen molar-refractivity contribution in [2.24, 2.45) is 5.84 Å². The second kappa shape index (κ2) is 6.32. The Bertz CT molecular complexity index is 380. The van der Waals surface area contributed by atoms with Crippen LogP contribution in [0.15, 0.2) is 12.1 Å². The second-order valence-electron chi connectivity index (χ2n) is 4.51. The number of hydrazine groups is 1. The minimum absolute atomic E-state index is 0.0705. The molecule has 2 heterocycles. The van der Waals surface area contributed by atoms with Gasteiger partial charge in [0.2, 0.25) is 0 Å². The van der Waals surface area contributed by atoms with E-state index in [-0.39, 0.29) is 11.6 Å². The molecule has 1 fully saturated rings. The molecule has 1 aromatic rings. The van der Waals surface area contributed by atoms with Gasteiger partial charge in [-0.2, -0.15) is 0 Å². The van der Waals surface area contributed by atoms with Crippen LogP contribution < -0.4 is 11.3 Å². The first-order valence-corrected chi connectivity index (χ1v) is 7.23. The van der Waals surface area contributed by atoms with E-state index in [9.17, 15) is 0 Å². The zero-order valence-electron chi connectivity index (χ0n) is 10.4. The van der Waals surface area contributed by atoms with Crippen molar-refractivity contribution in [1.82, 2.24) is 5.43 Å². The van der Waals surface area contributed by atoms with Crippen molar-refractivity contribution in [3.63, 3.8) is 0 Å². The number of nitrogens with one attached hydrogen (secondary N) is 1. The molecule has 0 aliphatic carbocycles. The number of halogens is 1. The van der Waals surface area contributed by atoms with Gasteiger partial charge in [-0.1, -0.05) is 11.6 Å².